The molecule has 27 heavy (non-hydrogen) atoms. The summed E-state index contributed by atoms with van der Waals surface area (Å²) in [6, 6.07) is 15.1. The van der Waals surface area contributed by atoms with Crippen LogP contribution in [0.3, 0.4) is 0 Å². The average molecular weight is 404 g/mol. The number of aromatic carboxylic acids is 1. The number of anilines is 1. The van der Waals surface area contributed by atoms with E-state index in [0.29, 0.717) is 21.7 Å². The first kappa shape index (κ1) is 19.1. The molecule has 3 rings (SSSR count). The maximum atomic E-state index is 14.3. The van der Waals surface area contributed by atoms with Crippen LogP contribution in [0, 0.1) is 0 Å². The molecular weight excluding hydrogens is 389 g/mol. The van der Waals surface area contributed by atoms with E-state index in [0.717, 1.165) is 11.3 Å². The first-order valence-corrected chi connectivity index (χ1v) is 9.31. The lowest BCUT2D eigenvalue weighted by molar-refractivity contribution is -0.117. The van der Waals surface area contributed by atoms with Gasteiger partial charge in [0, 0.05) is 16.0 Å². The second-order valence-electron chi connectivity index (χ2n) is 5.80. The van der Waals surface area contributed by atoms with E-state index in [1.165, 1.54) is 0 Å². The molecule has 1 aromatic heterocycles. The number of carboxylic acid groups (broad SMARTS) is 1. The standard InChI is InChI=1S/C20H15ClFNO3S/c21-14-8-6-12(7-9-14)15-11-27-19(18(15)20(25)26)23-17(24)10-16(22)13-4-2-1-3-5-13/h1-9,11,16H,10H2,(H,23,24)(H,25,26). The zero-order chi connectivity index (χ0) is 19.4. The highest BCUT2D eigenvalue weighted by atomic mass is 35.5. The summed E-state index contributed by atoms with van der Waals surface area (Å²) >= 11 is 6.95. The number of hydrogen-bond donors (Lipinski definition) is 2. The van der Waals surface area contributed by atoms with E-state index < -0.39 is 24.5 Å². The van der Waals surface area contributed by atoms with Crippen molar-refractivity contribution in [3.63, 3.8) is 0 Å². The van der Waals surface area contributed by atoms with Gasteiger partial charge in [0.2, 0.25) is 5.91 Å². The third kappa shape index (κ3) is 4.53. The molecule has 1 atom stereocenters. The number of carboxylic acids is 1. The Bertz CT molecular complexity index is 957. The fourth-order valence-electron chi connectivity index (χ4n) is 2.62. The Morgan fingerprint density at radius 1 is 1.11 bits per heavy atom. The first-order valence-electron chi connectivity index (χ1n) is 8.05. The fraction of sp³-hybridized carbons (Fsp3) is 0.100. The largest absolute Gasteiger partial charge is 0.478 e. The van der Waals surface area contributed by atoms with Gasteiger partial charge in [0.25, 0.3) is 0 Å². The molecule has 0 spiro atoms. The Morgan fingerprint density at radius 3 is 2.41 bits per heavy atom. The quantitative estimate of drug-likeness (QED) is 0.546. The molecule has 2 N–H and O–H groups in total. The molecule has 0 bridgehead atoms. The molecule has 0 saturated heterocycles. The van der Waals surface area contributed by atoms with Crippen molar-refractivity contribution < 1.29 is 19.1 Å². The number of rotatable bonds is 6. The highest BCUT2D eigenvalue weighted by molar-refractivity contribution is 7.15. The van der Waals surface area contributed by atoms with Crippen LogP contribution in [0.15, 0.2) is 60.0 Å². The lowest BCUT2D eigenvalue weighted by Crippen LogP contribution is -2.15. The summed E-state index contributed by atoms with van der Waals surface area (Å²) in [5, 5.41) is 14.5. The second kappa shape index (κ2) is 8.33. The lowest BCUT2D eigenvalue weighted by atomic mass is 10.0. The molecule has 1 unspecified atom stereocenters. The number of hydrogen-bond acceptors (Lipinski definition) is 3. The van der Waals surface area contributed by atoms with Crippen molar-refractivity contribution in [1.82, 2.24) is 0 Å². The number of carbonyl (C=O) groups excluding carboxylic acids is 1. The van der Waals surface area contributed by atoms with Crippen molar-refractivity contribution in [2.75, 3.05) is 5.32 Å². The van der Waals surface area contributed by atoms with Crippen LogP contribution >= 0.6 is 22.9 Å². The molecule has 0 radical (unpaired) electrons. The van der Waals surface area contributed by atoms with E-state index in [1.807, 2.05) is 0 Å². The molecule has 3 aromatic rings. The Balaban J connectivity index is 1.79. The number of alkyl halides is 1. The predicted molar refractivity (Wildman–Crippen MR) is 105 cm³/mol. The third-order valence-electron chi connectivity index (χ3n) is 3.94. The zero-order valence-electron chi connectivity index (χ0n) is 14.0. The van der Waals surface area contributed by atoms with E-state index in [9.17, 15) is 19.1 Å². The van der Waals surface area contributed by atoms with E-state index in [1.54, 1.807) is 60.0 Å². The Kier molecular flexibility index (Phi) is 5.88. The number of benzene rings is 2. The molecule has 0 aliphatic carbocycles. The van der Waals surface area contributed by atoms with Crippen molar-refractivity contribution in [2.24, 2.45) is 0 Å². The van der Waals surface area contributed by atoms with E-state index in [-0.39, 0.29) is 10.6 Å². The van der Waals surface area contributed by atoms with Crippen molar-refractivity contribution >= 4 is 39.8 Å². The number of carbonyl (C=O) groups is 2. The predicted octanol–water partition coefficient (Wildman–Crippen LogP) is 5.81. The van der Waals surface area contributed by atoms with Crippen molar-refractivity contribution in [2.45, 2.75) is 12.6 Å². The van der Waals surface area contributed by atoms with Gasteiger partial charge in [-0.2, -0.15) is 0 Å². The number of thiophene rings is 1. The lowest BCUT2D eigenvalue weighted by Gasteiger charge is -2.09. The molecule has 0 fully saturated rings. The fourth-order valence-corrected chi connectivity index (χ4v) is 3.73. The molecule has 7 heteroatoms. The van der Waals surface area contributed by atoms with Crippen LogP contribution in [0.25, 0.3) is 11.1 Å². The van der Waals surface area contributed by atoms with Gasteiger partial charge in [0.15, 0.2) is 0 Å². The molecule has 2 aromatic carbocycles. The third-order valence-corrected chi connectivity index (χ3v) is 5.09. The van der Waals surface area contributed by atoms with Crippen molar-refractivity contribution in [1.29, 1.82) is 0 Å². The van der Waals surface area contributed by atoms with Gasteiger partial charge >= 0.3 is 5.97 Å². The molecule has 0 saturated carbocycles. The van der Waals surface area contributed by atoms with Crippen LogP contribution in [-0.2, 0) is 4.79 Å². The van der Waals surface area contributed by atoms with Crippen molar-refractivity contribution in [3.8, 4) is 11.1 Å². The highest BCUT2D eigenvalue weighted by Gasteiger charge is 2.22. The minimum Gasteiger partial charge on any atom is -0.478 e. The van der Waals surface area contributed by atoms with Gasteiger partial charge < -0.3 is 10.4 Å². The summed E-state index contributed by atoms with van der Waals surface area (Å²) in [6.07, 6.45) is -1.85. The van der Waals surface area contributed by atoms with Crippen molar-refractivity contribution in [3.05, 3.63) is 76.1 Å². The normalized spacial score (nSPS) is 11.8. The minimum atomic E-state index is -1.46. The summed E-state index contributed by atoms with van der Waals surface area (Å²) in [5.74, 6) is -1.75. The van der Waals surface area contributed by atoms with Crippen LogP contribution < -0.4 is 5.32 Å². The van der Waals surface area contributed by atoms with Crippen LogP contribution in [0.1, 0.15) is 28.5 Å². The van der Waals surface area contributed by atoms with Crippen LogP contribution in [0.4, 0.5) is 9.39 Å². The monoisotopic (exact) mass is 403 g/mol. The van der Waals surface area contributed by atoms with Gasteiger partial charge in [-0.3, -0.25) is 4.79 Å². The molecule has 0 aliphatic rings. The zero-order valence-corrected chi connectivity index (χ0v) is 15.6. The number of amides is 1. The molecule has 4 nitrogen and oxygen atoms in total. The maximum Gasteiger partial charge on any atom is 0.339 e. The molecule has 0 aliphatic heterocycles. The molecule has 1 amide bonds. The summed E-state index contributed by atoms with van der Waals surface area (Å²) < 4.78 is 14.3. The van der Waals surface area contributed by atoms with E-state index >= 15 is 0 Å². The summed E-state index contributed by atoms with van der Waals surface area (Å²) in [4.78, 5) is 23.9. The summed E-state index contributed by atoms with van der Waals surface area (Å²) in [7, 11) is 0. The van der Waals surface area contributed by atoms with Gasteiger partial charge in [0.1, 0.15) is 16.7 Å². The first-order chi connectivity index (χ1) is 13.0. The van der Waals surface area contributed by atoms with Gasteiger partial charge in [-0.25, -0.2) is 9.18 Å². The summed E-state index contributed by atoms with van der Waals surface area (Å²) in [6.45, 7) is 0. The van der Waals surface area contributed by atoms with E-state index in [2.05, 4.69) is 5.32 Å². The highest BCUT2D eigenvalue weighted by Crippen LogP contribution is 2.36. The Labute approximate surface area is 164 Å². The molecule has 138 valence electrons. The minimum absolute atomic E-state index is 0.0224. The van der Waals surface area contributed by atoms with Crippen LogP contribution in [-0.4, -0.2) is 17.0 Å². The SMILES string of the molecule is O=C(CC(F)c1ccccc1)Nc1scc(-c2ccc(Cl)cc2)c1C(=O)O. The van der Waals surface area contributed by atoms with Crippen LogP contribution in [0.5, 0.6) is 0 Å². The smallest absolute Gasteiger partial charge is 0.339 e. The maximum absolute atomic E-state index is 14.3. The molecular formula is C20H15ClFNO3S. The Hall–Kier alpha value is -2.70. The van der Waals surface area contributed by atoms with E-state index in [4.69, 9.17) is 11.6 Å². The molecule has 1 heterocycles. The number of halogens is 2. The van der Waals surface area contributed by atoms with Gasteiger partial charge in [-0.05, 0) is 23.3 Å². The van der Waals surface area contributed by atoms with Crippen LogP contribution in [0.2, 0.25) is 5.02 Å². The number of nitrogens with one attached hydrogen (secondary N) is 1. The summed E-state index contributed by atoms with van der Waals surface area (Å²) in [5.41, 5.74) is 1.52. The Morgan fingerprint density at radius 2 is 1.78 bits per heavy atom. The van der Waals surface area contributed by atoms with Gasteiger partial charge in [-0.1, -0.05) is 54.1 Å². The second-order valence-corrected chi connectivity index (χ2v) is 7.11. The topological polar surface area (TPSA) is 66.4 Å². The average Bonchev–Trinajstić information content (AvgIpc) is 3.06. The van der Waals surface area contributed by atoms with Gasteiger partial charge in [0.05, 0.1) is 6.42 Å². The van der Waals surface area contributed by atoms with Gasteiger partial charge in [-0.15, -0.1) is 11.3 Å².